The van der Waals surface area contributed by atoms with E-state index in [1.54, 1.807) is 12.3 Å². The molecule has 0 aromatic carbocycles. The van der Waals surface area contributed by atoms with Crippen molar-refractivity contribution in [2.24, 2.45) is 5.92 Å². The Kier molecular flexibility index (Phi) is 4.54. The maximum Gasteiger partial charge on any atom is 0.305 e. The van der Waals surface area contributed by atoms with Crippen molar-refractivity contribution in [1.82, 2.24) is 5.27 Å². The van der Waals surface area contributed by atoms with Crippen LogP contribution in [0.25, 0.3) is 0 Å². The molecule has 6 nitrogen and oxygen atoms in total. The van der Waals surface area contributed by atoms with Crippen molar-refractivity contribution < 1.29 is 14.1 Å². The fourth-order valence-corrected chi connectivity index (χ4v) is 2.31. The molecule has 0 spiro atoms. The SMILES string of the molecule is C=CCN(C)[n+]1cc(NC(=O)C2CCCCC2)on1. The number of likely N-dealkylation sites (N-methyl/N-ethyl adjacent to an activating group) is 1. The first-order valence-electron chi connectivity index (χ1n) is 6.72. The van der Waals surface area contributed by atoms with E-state index in [9.17, 15) is 4.79 Å². The zero-order valence-corrected chi connectivity index (χ0v) is 11.3. The van der Waals surface area contributed by atoms with Crippen molar-refractivity contribution in [3.05, 3.63) is 18.9 Å². The fraction of sp³-hybridized carbons (Fsp3) is 0.615. The number of anilines is 1. The number of nitrogens with one attached hydrogen (secondary N) is 1. The van der Waals surface area contributed by atoms with E-state index in [-0.39, 0.29) is 11.8 Å². The zero-order valence-electron chi connectivity index (χ0n) is 11.3. The van der Waals surface area contributed by atoms with Crippen LogP contribution < -0.4 is 15.1 Å². The van der Waals surface area contributed by atoms with Gasteiger partial charge in [-0.15, -0.1) is 6.58 Å². The summed E-state index contributed by atoms with van der Waals surface area (Å²) in [5.74, 6) is 0.527. The van der Waals surface area contributed by atoms with Crippen molar-refractivity contribution in [3.8, 4) is 0 Å². The molecule has 2 rings (SSSR count). The van der Waals surface area contributed by atoms with Crippen molar-refractivity contribution >= 4 is 11.8 Å². The van der Waals surface area contributed by atoms with Crippen LogP contribution in [0.1, 0.15) is 32.1 Å². The third-order valence-electron chi connectivity index (χ3n) is 3.42. The Balaban J connectivity index is 1.91. The molecule has 1 heterocycles. The van der Waals surface area contributed by atoms with E-state index in [0.29, 0.717) is 12.4 Å². The number of hydrogen-bond acceptors (Lipinski definition) is 4. The smallest absolute Gasteiger partial charge is 0.289 e. The lowest BCUT2D eigenvalue weighted by Crippen LogP contribution is -2.56. The predicted octanol–water partition coefficient (Wildman–Crippen LogP) is 1.23. The predicted molar refractivity (Wildman–Crippen MR) is 71.1 cm³/mol. The summed E-state index contributed by atoms with van der Waals surface area (Å²) in [6.07, 6.45) is 8.87. The number of hydrogen-bond donors (Lipinski definition) is 1. The maximum atomic E-state index is 12.0. The van der Waals surface area contributed by atoms with Gasteiger partial charge in [0.1, 0.15) is 0 Å². The van der Waals surface area contributed by atoms with Crippen LogP contribution in [0.4, 0.5) is 5.88 Å². The van der Waals surface area contributed by atoms with Gasteiger partial charge in [0.05, 0.1) is 18.4 Å². The highest BCUT2D eigenvalue weighted by molar-refractivity contribution is 5.91. The van der Waals surface area contributed by atoms with Crippen LogP contribution >= 0.6 is 0 Å². The molecule has 104 valence electrons. The van der Waals surface area contributed by atoms with Gasteiger partial charge in [-0.25, -0.2) is 0 Å². The van der Waals surface area contributed by atoms with Crippen molar-refractivity contribution in [1.29, 1.82) is 0 Å². The summed E-state index contributed by atoms with van der Waals surface area (Å²) >= 11 is 0. The van der Waals surface area contributed by atoms with Crippen LogP contribution in [-0.2, 0) is 4.79 Å². The van der Waals surface area contributed by atoms with Gasteiger partial charge in [0, 0.05) is 5.92 Å². The molecule has 19 heavy (non-hydrogen) atoms. The minimum atomic E-state index is 0.0365. The van der Waals surface area contributed by atoms with Crippen LogP contribution in [-0.4, -0.2) is 24.8 Å². The molecular formula is C13H21N4O2+. The first-order valence-corrected chi connectivity index (χ1v) is 6.72. The number of amides is 1. The lowest BCUT2D eigenvalue weighted by atomic mass is 9.89. The summed E-state index contributed by atoms with van der Waals surface area (Å²) in [6.45, 7) is 4.31. The van der Waals surface area contributed by atoms with Gasteiger partial charge >= 0.3 is 5.88 Å². The highest BCUT2D eigenvalue weighted by Gasteiger charge is 2.24. The fourth-order valence-electron chi connectivity index (χ4n) is 2.31. The number of carbonyl (C=O) groups excluding carboxylic acids is 1. The summed E-state index contributed by atoms with van der Waals surface area (Å²) < 4.78 is 5.10. The van der Waals surface area contributed by atoms with E-state index in [4.69, 9.17) is 4.52 Å². The van der Waals surface area contributed by atoms with Gasteiger partial charge in [-0.05, 0) is 12.8 Å². The van der Waals surface area contributed by atoms with Crippen LogP contribution in [0.5, 0.6) is 0 Å². The van der Waals surface area contributed by atoms with Crippen LogP contribution in [0.2, 0.25) is 0 Å². The van der Waals surface area contributed by atoms with Gasteiger partial charge in [-0.1, -0.05) is 25.3 Å². The zero-order chi connectivity index (χ0) is 13.7. The second-order valence-electron chi connectivity index (χ2n) is 4.94. The Morgan fingerprint density at radius 1 is 1.63 bits per heavy atom. The van der Waals surface area contributed by atoms with E-state index in [1.807, 2.05) is 12.1 Å². The number of rotatable bonds is 5. The maximum absolute atomic E-state index is 12.0. The standard InChI is InChI=1S/C13H20N4O2/c1-3-9-16(2)17-10-12(19-15-17)14-13(18)11-7-5-4-6-8-11/h3,10-11H,1,4-9H2,2H3/p+1. The highest BCUT2D eigenvalue weighted by Crippen LogP contribution is 2.24. The van der Waals surface area contributed by atoms with Gasteiger partial charge in [0.2, 0.25) is 11.2 Å². The Hall–Kier alpha value is -1.85. The lowest BCUT2D eigenvalue weighted by molar-refractivity contribution is -0.755. The lowest BCUT2D eigenvalue weighted by Gasteiger charge is -2.19. The molecule has 1 fully saturated rings. The molecule has 0 aliphatic heterocycles. The minimum Gasteiger partial charge on any atom is -0.289 e. The van der Waals surface area contributed by atoms with E-state index in [1.165, 1.54) is 11.2 Å². The highest BCUT2D eigenvalue weighted by atomic mass is 16.5. The van der Waals surface area contributed by atoms with Crippen LogP contribution in [0.3, 0.4) is 0 Å². The Morgan fingerprint density at radius 3 is 3.05 bits per heavy atom. The van der Waals surface area contributed by atoms with E-state index < -0.39 is 0 Å². The quantitative estimate of drug-likeness (QED) is 0.642. The van der Waals surface area contributed by atoms with Crippen LogP contribution in [0, 0.1) is 5.92 Å². The molecular weight excluding hydrogens is 244 g/mol. The minimum absolute atomic E-state index is 0.0365. The van der Waals surface area contributed by atoms with Gasteiger partial charge in [0.25, 0.3) is 6.20 Å². The average Bonchev–Trinajstić information content (AvgIpc) is 2.88. The van der Waals surface area contributed by atoms with Gasteiger partial charge < -0.3 is 0 Å². The van der Waals surface area contributed by atoms with E-state index in [0.717, 1.165) is 25.7 Å². The largest absolute Gasteiger partial charge is 0.305 e. The Labute approximate surface area is 113 Å². The molecule has 1 aromatic rings. The van der Waals surface area contributed by atoms with Crippen molar-refractivity contribution in [3.63, 3.8) is 0 Å². The second-order valence-corrected chi connectivity index (χ2v) is 4.94. The topological polar surface area (TPSA) is 62.2 Å². The molecule has 1 saturated carbocycles. The summed E-state index contributed by atoms with van der Waals surface area (Å²) in [5.41, 5.74) is 0. The first-order chi connectivity index (χ1) is 9.20. The molecule has 0 bridgehead atoms. The van der Waals surface area contributed by atoms with Crippen molar-refractivity contribution in [2.45, 2.75) is 32.1 Å². The first kappa shape index (κ1) is 13.6. The third-order valence-corrected chi connectivity index (χ3v) is 3.42. The third kappa shape index (κ3) is 3.56. The molecule has 0 atom stereocenters. The molecule has 1 amide bonds. The van der Waals surface area contributed by atoms with E-state index >= 15 is 0 Å². The summed E-state index contributed by atoms with van der Waals surface area (Å²) in [6, 6.07) is 0. The molecule has 1 aliphatic carbocycles. The molecule has 1 N–H and O–H groups in total. The van der Waals surface area contributed by atoms with Gasteiger partial charge in [-0.2, -0.15) is 5.01 Å². The van der Waals surface area contributed by atoms with Crippen molar-refractivity contribution in [2.75, 3.05) is 23.9 Å². The molecule has 0 saturated heterocycles. The van der Waals surface area contributed by atoms with Crippen LogP contribution in [0.15, 0.2) is 23.4 Å². The van der Waals surface area contributed by atoms with E-state index in [2.05, 4.69) is 17.2 Å². The Morgan fingerprint density at radius 2 is 2.37 bits per heavy atom. The number of nitrogens with zero attached hydrogens (tertiary/aromatic N) is 3. The molecule has 6 heteroatoms. The Bertz CT molecular complexity index is 438. The summed E-state index contributed by atoms with van der Waals surface area (Å²) in [7, 11) is 1.86. The summed E-state index contributed by atoms with van der Waals surface area (Å²) in [4.78, 5) is 13.6. The second kappa shape index (κ2) is 6.36. The monoisotopic (exact) mass is 265 g/mol. The van der Waals surface area contributed by atoms with Gasteiger partial charge in [-0.3, -0.25) is 14.6 Å². The number of aromatic nitrogens is 2. The molecule has 0 radical (unpaired) electrons. The normalized spacial score (nSPS) is 16.1. The summed E-state index contributed by atoms with van der Waals surface area (Å²) in [5, 5.41) is 8.44. The molecule has 0 unspecified atom stereocenters. The van der Waals surface area contributed by atoms with Gasteiger partial charge in [0.15, 0.2) is 0 Å². The molecule has 1 aromatic heterocycles. The average molecular weight is 265 g/mol. The molecule has 1 aliphatic rings. The number of carbonyl (C=O) groups is 1.